The van der Waals surface area contributed by atoms with E-state index in [1.807, 2.05) is 0 Å². The first-order chi connectivity index (χ1) is 7.97. The lowest BCUT2D eigenvalue weighted by Gasteiger charge is -2.07. The summed E-state index contributed by atoms with van der Waals surface area (Å²) in [6.07, 6.45) is -2.25. The maximum absolute atomic E-state index is 13.5. The normalized spacial score (nSPS) is 12.0. The first-order valence-electron chi connectivity index (χ1n) is 5.08. The fourth-order valence-electron chi connectivity index (χ4n) is 1.27. The lowest BCUT2D eigenvalue weighted by molar-refractivity contribution is -0.147. The van der Waals surface area contributed by atoms with E-state index in [1.54, 1.807) is 19.9 Å². The Morgan fingerprint density at radius 2 is 2.12 bits per heavy atom. The fraction of sp³-hybridized carbons (Fsp3) is 0.333. The van der Waals surface area contributed by atoms with Crippen molar-refractivity contribution >= 4 is 27.7 Å². The molecule has 3 nitrogen and oxygen atoms in total. The van der Waals surface area contributed by atoms with Crippen molar-refractivity contribution < 1.29 is 18.7 Å². The molecule has 92 valence electrons. The molecule has 1 aromatic carbocycles. The number of esters is 1. The van der Waals surface area contributed by atoms with E-state index in [0.29, 0.717) is 0 Å². The average molecular weight is 303 g/mol. The van der Waals surface area contributed by atoms with Gasteiger partial charge in [-0.25, -0.2) is 9.18 Å². The van der Waals surface area contributed by atoms with Crippen LogP contribution >= 0.6 is 15.9 Å². The quantitative estimate of drug-likeness (QED) is 0.488. The number of carbonyl (C=O) groups excluding carboxylic acids is 2. The lowest BCUT2D eigenvalue weighted by atomic mass is 10.0. The zero-order valence-electron chi connectivity index (χ0n) is 9.50. The van der Waals surface area contributed by atoms with Gasteiger partial charge in [0.2, 0.25) is 5.78 Å². The number of hydrogen-bond donors (Lipinski definition) is 0. The largest absolute Gasteiger partial charge is 0.463 e. The minimum atomic E-state index is -2.25. The standard InChI is InChI=1S/C12H12BrFO3/c1-3-17-12(16)10(14)11(15)8-4-5-9(13)7(2)6-8/h4-6,10H,3H2,1-2H3. The van der Waals surface area contributed by atoms with Crippen LogP contribution in [0, 0.1) is 6.92 Å². The van der Waals surface area contributed by atoms with Crippen LogP contribution in [0.4, 0.5) is 4.39 Å². The average Bonchev–Trinajstić information content (AvgIpc) is 2.31. The highest BCUT2D eigenvalue weighted by molar-refractivity contribution is 9.10. The van der Waals surface area contributed by atoms with Crippen molar-refractivity contribution in [2.24, 2.45) is 0 Å². The lowest BCUT2D eigenvalue weighted by Crippen LogP contribution is -2.27. The van der Waals surface area contributed by atoms with E-state index in [2.05, 4.69) is 20.7 Å². The summed E-state index contributed by atoms with van der Waals surface area (Å²) in [5, 5.41) is 0. The molecule has 1 atom stereocenters. The molecular weight excluding hydrogens is 291 g/mol. The molecule has 0 aliphatic carbocycles. The van der Waals surface area contributed by atoms with Gasteiger partial charge >= 0.3 is 5.97 Å². The summed E-state index contributed by atoms with van der Waals surface area (Å²) in [7, 11) is 0. The van der Waals surface area contributed by atoms with E-state index in [0.717, 1.165) is 10.0 Å². The Kier molecular flexibility index (Phi) is 4.81. The van der Waals surface area contributed by atoms with Crippen molar-refractivity contribution in [3.8, 4) is 0 Å². The van der Waals surface area contributed by atoms with Crippen LogP contribution in [0.1, 0.15) is 22.8 Å². The van der Waals surface area contributed by atoms with Gasteiger partial charge in [-0.05, 0) is 31.5 Å². The topological polar surface area (TPSA) is 43.4 Å². The van der Waals surface area contributed by atoms with Crippen molar-refractivity contribution in [3.05, 3.63) is 33.8 Å². The first kappa shape index (κ1) is 13.8. The highest BCUT2D eigenvalue weighted by Crippen LogP contribution is 2.18. The van der Waals surface area contributed by atoms with Gasteiger partial charge in [0, 0.05) is 10.0 Å². The van der Waals surface area contributed by atoms with Gasteiger partial charge in [0.1, 0.15) is 0 Å². The number of carbonyl (C=O) groups is 2. The van der Waals surface area contributed by atoms with Crippen molar-refractivity contribution in [2.45, 2.75) is 20.0 Å². The minimum Gasteiger partial charge on any atom is -0.463 e. The third-order valence-electron chi connectivity index (χ3n) is 2.17. The van der Waals surface area contributed by atoms with Crippen LogP contribution in [0.2, 0.25) is 0 Å². The number of aryl methyl sites for hydroxylation is 1. The van der Waals surface area contributed by atoms with Crippen LogP contribution in [0.15, 0.2) is 22.7 Å². The molecule has 17 heavy (non-hydrogen) atoms. The van der Waals surface area contributed by atoms with Gasteiger partial charge < -0.3 is 4.74 Å². The van der Waals surface area contributed by atoms with Crippen molar-refractivity contribution in [1.29, 1.82) is 0 Å². The number of ketones is 1. The van der Waals surface area contributed by atoms with Gasteiger partial charge in [0.15, 0.2) is 0 Å². The summed E-state index contributed by atoms with van der Waals surface area (Å²) < 4.78 is 18.7. The molecule has 0 radical (unpaired) electrons. The second kappa shape index (κ2) is 5.91. The van der Waals surface area contributed by atoms with E-state index >= 15 is 0 Å². The van der Waals surface area contributed by atoms with Crippen molar-refractivity contribution in [2.75, 3.05) is 6.61 Å². The molecule has 1 unspecified atom stereocenters. The number of benzene rings is 1. The van der Waals surface area contributed by atoms with Crippen LogP contribution in [-0.2, 0) is 9.53 Å². The van der Waals surface area contributed by atoms with Gasteiger partial charge in [0.05, 0.1) is 6.61 Å². The molecule has 1 rings (SSSR count). The first-order valence-corrected chi connectivity index (χ1v) is 5.87. The predicted molar refractivity (Wildman–Crippen MR) is 64.7 cm³/mol. The van der Waals surface area contributed by atoms with Crippen LogP contribution in [0.5, 0.6) is 0 Å². The Morgan fingerprint density at radius 3 is 2.65 bits per heavy atom. The van der Waals surface area contributed by atoms with Gasteiger partial charge in [-0.2, -0.15) is 0 Å². The number of halogens is 2. The number of Topliss-reactive ketones (excluding diaryl/α,β-unsaturated/α-hetero) is 1. The molecule has 0 heterocycles. The second-order valence-corrected chi connectivity index (χ2v) is 4.30. The molecule has 0 amide bonds. The Labute approximate surface area is 107 Å². The zero-order valence-corrected chi connectivity index (χ0v) is 11.1. The molecule has 0 spiro atoms. The molecule has 0 saturated heterocycles. The van der Waals surface area contributed by atoms with E-state index in [-0.39, 0.29) is 12.2 Å². The van der Waals surface area contributed by atoms with Crippen LogP contribution in [0.25, 0.3) is 0 Å². The molecule has 0 N–H and O–H groups in total. The maximum atomic E-state index is 13.5. The monoisotopic (exact) mass is 302 g/mol. The molecule has 0 aromatic heterocycles. The van der Waals surface area contributed by atoms with Crippen LogP contribution < -0.4 is 0 Å². The zero-order chi connectivity index (χ0) is 13.0. The second-order valence-electron chi connectivity index (χ2n) is 3.44. The molecule has 0 aliphatic rings. The Hall–Kier alpha value is -1.23. The van der Waals surface area contributed by atoms with Crippen molar-refractivity contribution in [3.63, 3.8) is 0 Å². The van der Waals surface area contributed by atoms with E-state index < -0.39 is 17.9 Å². The number of hydrogen-bond acceptors (Lipinski definition) is 3. The molecule has 0 bridgehead atoms. The SMILES string of the molecule is CCOC(=O)C(F)C(=O)c1ccc(Br)c(C)c1. The molecule has 1 aromatic rings. The van der Waals surface area contributed by atoms with Crippen LogP contribution in [-0.4, -0.2) is 24.5 Å². The van der Waals surface area contributed by atoms with E-state index in [9.17, 15) is 14.0 Å². The molecule has 0 saturated carbocycles. The summed E-state index contributed by atoms with van der Waals surface area (Å²) >= 11 is 3.27. The molecular formula is C12H12BrFO3. The van der Waals surface area contributed by atoms with Gasteiger partial charge in [-0.1, -0.05) is 22.0 Å². The Bertz CT molecular complexity index is 445. The summed E-state index contributed by atoms with van der Waals surface area (Å²) in [6.45, 7) is 3.38. The third kappa shape index (κ3) is 3.36. The molecule has 0 aliphatic heterocycles. The summed E-state index contributed by atoms with van der Waals surface area (Å²) in [6, 6.07) is 4.63. The summed E-state index contributed by atoms with van der Waals surface area (Å²) in [5.41, 5.74) is 0.957. The third-order valence-corrected chi connectivity index (χ3v) is 3.06. The summed E-state index contributed by atoms with van der Waals surface area (Å²) in [5.74, 6) is -2.02. The Balaban J connectivity index is 2.89. The molecule has 5 heteroatoms. The maximum Gasteiger partial charge on any atom is 0.348 e. The summed E-state index contributed by atoms with van der Waals surface area (Å²) in [4.78, 5) is 22.7. The van der Waals surface area contributed by atoms with E-state index in [4.69, 9.17) is 0 Å². The number of alkyl halides is 1. The smallest absolute Gasteiger partial charge is 0.348 e. The van der Waals surface area contributed by atoms with Gasteiger partial charge in [-0.15, -0.1) is 0 Å². The number of ether oxygens (including phenoxy) is 1. The predicted octanol–water partition coefficient (Wildman–Crippen LogP) is 2.84. The van der Waals surface area contributed by atoms with Crippen molar-refractivity contribution in [1.82, 2.24) is 0 Å². The van der Waals surface area contributed by atoms with Crippen LogP contribution in [0.3, 0.4) is 0 Å². The fourth-order valence-corrected chi connectivity index (χ4v) is 1.51. The highest BCUT2D eigenvalue weighted by atomic mass is 79.9. The van der Waals surface area contributed by atoms with Gasteiger partial charge in [-0.3, -0.25) is 4.79 Å². The minimum absolute atomic E-state index is 0.0475. The molecule has 0 fully saturated rings. The highest BCUT2D eigenvalue weighted by Gasteiger charge is 2.28. The van der Waals surface area contributed by atoms with E-state index in [1.165, 1.54) is 12.1 Å². The number of rotatable bonds is 4. The Morgan fingerprint density at radius 1 is 1.47 bits per heavy atom. The van der Waals surface area contributed by atoms with Gasteiger partial charge in [0.25, 0.3) is 6.17 Å².